The van der Waals surface area contributed by atoms with Crippen LogP contribution in [0.2, 0.25) is 0 Å². The van der Waals surface area contributed by atoms with Crippen LogP contribution < -0.4 is 0 Å². The van der Waals surface area contributed by atoms with Crippen molar-refractivity contribution in [1.29, 1.82) is 0 Å². The molecule has 0 aliphatic carbocycles. The zero-order valence-corrected chi connectivity index (χ0v) is 17.6. The van der Waals surface area contributed by atoms with Gasteiger partial charge in [0.1, 0.15) is 51.6 Å². The summed E-state index contributed by atoms with van der Waals surface area (Å²) in [4.78, 5) is 0. The summed E-state index contributed by atoms with van der Waals surface area (Å²) >= 11 is 0. The van der Waals surface area contributed by atoms with Gasteiger partial charge in [-0.2, -0.15) is 0 Å². The second-order valence-corrected chi connectivity index (χ2v) is 11.3. The van der Waals surface area contributed by atoms with Crippen LogP contribution in [0, 0.1) is 0 Å². The molecule has 4 unspecified atom stereocenters. The smallest absolute Gasteiger partial charge is 0.328 e. The minimum atomic E-state index is -3.59. The Bertz CT molecular complexity index is 641. The van der Waals surface area contributed by atoms with Crippen LogP contribution >= 0.6 is 15.2 Å². The summed E-state index contributed by atoms with van der Waals surface area (Å²) in [5, 5.41) is 20.7. The number of hydrogen-bond acceptors (Lipinski definition) is 10. The summed E-state index contributed by atoms with van der Waals surface area (Å²) in [5.41, 5.74) is 0. The van der Waals surface area contributed by atoms with Crippen LogP contribution in [0.1, 0.15) is 0 Å². The van der Waals surface area contributed by atoms with Gasteiger partial charge in [0.2, 0.25) is 0 Å². The van der Waals surface area contributed by atoms with Gasteiger partial charge >= 0.3 is 15.2 Å². The number of aliphatic hydroxyl groups excluding tert-OH is 2. The van der Waals surface area contributed by atoms with E-state index in [4.69, 9.17) is 27.6 Å². The van der Waals surface area contributed by atoms with E-state index < -0.39 is 63.8 Å². The van der Waals surface area contributed by atoms with E-state index in [-0.39, 0.29) is 13.2 Å². The van der Waals surface area contributed by atoms with Gasteiger partial charge in [0, 0.05) is 19.3 Å². The van der Waals surface area contributed by atoms with Crippen molar-refractivity contribution in [2.75, 3.05) is 26.5 Å². The molecule has 3 fully saturated rings. The van der Waals surface area contributed by atoms with E-state index in [0.29, 0.717) is 7.17 Å². The third kappa shape index (κ3) is 4.91. The first-order valence-electron chi connectivity index (χ1n) is 9.01. The number of hydrogen-bond donors (Lipinski definition) is 2. The van der Waals surface area contributed by atoms with Crippen molar-refractivity contribution in [3.8, 4) is 0 Å². The van der Waals surface area contributed by atoms with Crippen molar-refractivity contribution in [2.24, 2.45) is 0 Å². The molecule has 3 aliphatic rings. The molecule has 10 nitrogen and oxygen atoms in total. The molecule has 3 saturated heterocycles. The molecular weight excluding hydrogens is 399 g/mol. The van der Waals surface area contributed by atoms with Crippen LogP contribution in [0.3, 0.4) is 0 Å². The van der Waals surface area contributed by atoms with E-state index >= 15 is 0 Å². The fourth-order valence-corrected chi connectivity index (χ4v) is 5.88. The summed E-state index contributed by atoms with van der Waals surface area (Å²) in [6.45, 7) is 2.18. The van der Waals surface area contributed by atoms with Gasteiger partial charge in [-0.3, -0.25) is 18.2 Å². The average molecular weight is 424 g/mol. The number of rotatable bonds is 1. The maximum atomic E-state index is 12.8. The first-order chi connectivity index (χ1) is 12.5. The van der Waals surface area contributed by atoms with E-state index in [0.717, 1.165) is 0 Å². The van der Waals surface area contributed by atoms with Gasteiger partial charge in [-0.15, -0.1) is 0 Å². The maximum absolute atomic E-state index is 12.8. The van der Waals surface area contributed by atoms with Crippen LogP contribution in [0.4, 0.5) is 0 Å². The average Bonchev–Trinajstić information content (AvgIpc) is 3.02. The summed E-state index contributed by atoms with van der Waals surface area (Å²) in [7, 11) is -3.19. The fraction of sp³-hybridized carbons (Fsp3) is 1.00. The lowest BCUT2D eigenvalue weighted by molar-refractivity contribution is -0.0316. The Kier molecular flexibility index (Phi) is 6.71. The van der Waals surface area contributed by atoms with Crippen molar-refractivity contribution >= 4 is 37.9 Å². The lowest BCUT2D eigenvalue weighted by Crippen LogP contribution is -2.39. The minimum Gasteiger partial charge on any atom is -0.388 e. The van der Waals surface area contributed by atoms with Gasteiger partial charge in [0.15, 0.2) is 0 Å². The lowest BCUT2D eigenvalue weighted by atomic mass is 9.50. The third-order valence-electron chi connectivity index (χ3n) is 4.98. The minimum absolute atomic E-state index is 0.199. The predicted molar refractivity (Wildman–Crippen MR) is 102 cm³/mol. The van der Waals surface area contributed by atoms with Crippen LogP contribution in [0.25, 0.3) is 0 Å². The summed E-state index contributed by atoms with van der Waals surface area (Å²) in [6.07, 6.45) is -5.60. The number of fused-ring (bicyclic) bond motifs is 2. The SMILES string of the molecule is BB[C@@H]1O[C@@H]2COP(C)(=O)O[C@@H]3C(O)[C@H](B)O[C@@H]3COP(C)(=O)O[C@@H]2C1O. The standard InChI is InChI=1S/C12H25B3O10P2/c1-26(18)21-4-6-10(8(17)12(15-14)23-6)25-27(2,19)20-3-5-9(24-26)7(16)11(13)22-5/h5-12,15-17H,3-4,13-14H2,1-2H3/t5-,6-,7?,8?,9+,10+,11-,12-,26?,27?/m1/s1. The van der Waals surface area contributed by atoms with Gasteiger partial charge in [-0.05, 0) is 0 Å². The molecule has 0 aromatic rings. The van der Waals surface area contributed by atoms with Gasteiger partial charge in [-0.1, -0.05) is 0 Å². The first-order valence-corrected chi connectivity index (χ1v) is 13.0. The molecule has 0 bridgehead atoms. The summed E-state index contributed by atoms with van der Waals surface area (Å²) in [5.74, 6) is 0. The second kappa shape index (κ2) is 8.22. The van der Waals surface area contributed by atoms with Crippen LogP contribution in [-0.4, -0.2) is 108 Å². The normalized spacial score (nSPS) is 54.4. The number of aliphatic hydroxyl groups is 2. The highest BCUT2D eigenvalue weighted by Crippen LogP contribution is 2.52. The van der Waals surface area contributed by atoms with E-state index in [1.54, 1.807) is 7.85 Å². The molecule has 0 aromatic heterocycles. The van der Waals surface area contributed by atoms with Crippen LogP contribution in [0.5, 0.6) is 0 Å². The Balaban J connectivity index is 1.85. The quantitative estimate of drug-likeness (QED) is 0.338. The van der Waals surface area contributed by atoms with E-state index in [1.807, 2.05) is 7.74 Å². The van der Waals surface area contributed by atoms with Crippen molar-refractivity contribution < 1.29 is 46.9 Å². The van der Waals surface area contributed by atoms with Gasteiger partial charge in [0.05, 0.1) is 27.0 Å². The van der Waals surface area contributed by atoms with Crippen molar-refractivity contribution in [2.45, 2.75) is 48.6 Å². The van der Waals surface area contributed by atoms with E-state index in [2.05, 4.69) is 0 Å². The van der Waals surface area contributed by atoms with Crippen molar-refractivity contribution in [1.82, 2.24) is 0 Å². The zero-order chi connectivity index (χ0) is 20.0. The first kappa shape index (κ1) is 22.0. The molecule has 2 N–H and O–H groups in total. The van der Waals surface area contributed by atoms with E-state index in [9.17, 15) is 19.3 Å². The topological polar surface area (TPSA) is 130 Å². The molecule has 0 spiro atoms. The molecule has 3 heterocycles. The molecule has 0 saturated carbocycles. The van der Waals surface area contributed by atoms with Crippen LogP contribution in [0.15, 0.2) is 0 Å². The molecule has 3 rings (SSSR count). The molecule has 0 aromatic carbocycles. The highest BCUT2D eigenvalue weighted by Gasteiger charge is 2.50. The molecule has 27 heavy (non-hydrogen) atoms. The second-order valence-electron chi connectivity index (χ2n) is 7.26. The van der Waals surface area contributed by atoms with Gasteiger partial charge < -0.3 is 28.7 Å². The Labute approximate surface area is 160 Å². The molecule has 0 amide bonds. The molecule has 0 radical (unpaired) electrons. The third-order valence-corrected chi connectivity index (χ3v) is 7.47. The highest BCUT2D eigenvalue weighted by molar-refractivity contribution is 7.53. The lowest BCUT2D eigenvalue weighted by Gasteiger charge is -2.30. The molecular formula is C12H25B3O10P2. The zero-order valence-electron chi connectivity index (χ0n) is 15.8. The Morgan fingerprint density at radius 1 is 0.926 bits per heavy atom. The van der Waals surface area contributed by atoms with E-state index in [1.165, 1.54) is 13.3 Å². The molecule has 3 aliphatic heterocycles. The highest BCUT2D eigenvalue weighted by atomic mass is 31.2. The Morgan fingerprint density at radius 3 is 1.93 bits per heavy atom. The summed E-state index contributed by atoms with van der Waals surface area (Å²) in [6, 6.07) is -1.11. The molecule has 152 valence electrons. The van der Waals surface area contributed by atoms with Crippen molar-refractivity contribution in [3.63, 3.8) is 0 Å². The maximum Gasteiger partial charge on any atom is 0.328 e. The largest absolute Gasteiger partial charge is 0.388 e. The fourth-order valence-electron chi connectivity index (χ4n) is 3.52. The molecule has 15 heteroatoms. The van der Waals surface area contributed by atoms with Crippen LogP contribution in [-0.2, 0) is 36.7 Å². The molecule has 10 atom stereocenters. The van der Waals surface area contributed by atoms with Crippen molar-refractivity contribution in [3.05, 3.63) is 0 Å². The predicted octanol–water partition coefficient (Wildman–Crippen LogP) is -2.76. The Morgan fingerprint density at radius 2 is 1.41 bits per heavy atom. The number of ether oxygens (including phenoxy) is 2. The van der Waals surface area contributed by atoms with Gasteiger partial charge in [-0.25, -0.2) is 0 Å². The van der Waals surface area contributed by atoms with Gasteiger partial charge in [0.25, 0.3) is 0 Å². The monoisotopic (exact) mass is 424 g/mol. The summed E-state index contributed by atoms with van der Waals surface area (Å²) < 4.78 is 58.8. The Hall–Kier alpha value is 0.335.